The number of benzene rings is 2. The predicted molar refractivity (Wildman–Crippen MR) is 116 cm³/mol. The van der Waals surface area contributed by atoms with Crippen molar-refractivity contribution in [2.24, 2.45) is 4.99 Å². The molecule has 0 aromatic heterocycles. The number of carbonyl (C=O) groups excluding carboxylic acids is 1. The normalized spacial score (nSPS) is 10.9. The molecule has 0 aliphatic rings. The second kappa shape index (κ2) is 12.1. The van der Waals surface area contributed by atoms with E-state index in [-0.39, 0.29) is 48.0 Å². The lowest BCUT2D eigenvalue weighted by Crippen LogP contribution is -2.42. The van der Waals surface area contributed by atoms with Gasteiger partial charge >= 0.3 is 6.61 Å². The fraction of sp³-hybridized carbons (Fsp3) is 0.263. The number of hydrogen-bond donors (Lipinski definition) is 2. The smallest absolute Gasteiger partial charge is 0.387 e. The van der Waals surface area contributed by atoms with Crippen molar-refractivity contribution in [1.29, 1.82) is 0 Å². The zero-order chi connectivity index (χ0) is 20.5. The number of carbonyl (C=O) groups is 1. The summed E-state index contributed by atoms with van der Waals surface area (Å²) in [7, 11) is 3.35. The first kappa shape index (κ1) is 24.5. The van der Waals surface area contributed by atoms with E-state index in [1.807, 2.05) is 0 Å². The van der Waals surface area contributed by atoms with Gasteiger partial charge in [-0.2, -0.15) is 8.78 Å². The number of hydrogen-bond acceptors (Lipinski definition) is 3. The van der Waals surface area contributed by atoms with Crippen molar-refractivity contribution in [3.63, 3.8) is 0 Å². The molecule has 0 atom stereocenters. The average molecular weight is 522 g/mol. The van der Waals surface area contributed by atoms with E-state index in [4.69, 9.17) is 0 Å². The first-order chi connectivity index (χ1) is 13.4. The molecule has 6 nitrogen and oxygen atoms in total. The highest BCUT2D eigenvalue weighted by Crippen LogP contribution is 2.15. The Bertz CT molecular complexity index is 802. The van der Waals surface area contributed by atoms with Gasteiger partial charge in [-0.15, -0.1) is 24.0 Å². The highest BCUT2D eigenvalue weighted by atomic mass is 127. The summed E-state index contributed by atoms with van der Waals surface area (Å²) in [6.07, 6.45) is 0. The number of alkyl halides is 2. The molecular weight excluding hydrogens is 500 g/mol. The fourth-order valence-electron chi connectivity index (χ4n) is 2.41. The van der Waals surface area contributed by atoms with Crippen LogP contribution in [0.5, 0.6) is 5.75 Å². The number of amides is 1. The van der Waals surface area contributed by atoms with Gasteiger partial charge < -0.3 is 20.3 Å². The van der Waals surface area contributed by atoms with E-state index < -0.39 is 6.61 Å². The first-order valence-corrected chi connectivity index (χ1v) is 8.38. The lowest BCUT2D eigenvalue weighted by molar-refractivity contribution is -0.115. The zero-order valence-corrected chi connectivity index (χ0v) is 18.2. The van der Waals surface area contributed by atoms with Gasteiger partial charge in [-0.05, 0) is 42.0 Å². The van der Waals surface area contributed by atoms with Crippen molar-refractivity contribution in [1.82, 2.24) is 10.2 Å². The molecule has 0 radical (unpaired) electrons. The number of anilines is 1. The van der Waals surface area contributed by atoms with Crippen LogP contribution < -0.4 is 15.4 Å². The average Bonchev–Trinajstić information content (AvgIpc) is 2.65. The topological polar surface area (TPSA) is 66.0 Å². The summed E-state index contributed by atoms with van der Waals surface area (Å²) in [6.45, 7) is -2.46. The van der Waals surface area contributed by atoms with Gasteiger partial charge in [0, 0.05) is 26.3 Å². The Morgan fingerprint density at radius 1 is 1.14 bits per heavy atom. The Morgan fingerprint density at radius 2 is 1.76 bits per heavy atom. The van der Waals surface area contributed by atoms with Crippen LogP contribution in [0, 0.1) is 5.82 Å². The summed E-state index contributed by atoms with van der Waals surface area (Å²) < 4.78 is 41.6. The number of rotatable bonds is 7. The van der Waals surface area contributed by atoms with Crippen molar-refractivity contribution < 1.29 is 22.7 Å². The molecule has 0 unspecified atom stereocenters. The van der Waals surface area contributed by atoms with E-state index in [2.05, 4.69) is 20.4 Å². The van der Waals surface area contributed by atoms with Crippen LogP contribution in [0.15, 0.2) is 53.5 Å². The van der Waals surface area contributed by atoms with E-state index >= 15 is 0 Å². The van der Waals surface area contributed by atoms with Crippen molar-refractivity contribution in [2.45, 2.75) is 13.2 Å². The Balaban J connectivity index is 0.00000420. The quantitative estimate of drug-likeness (QED) is 0.331. The Hall–Kier alpha value is -2.50. The fourth-order valence-corrected chi connectivity index (χ4v) is 2.41. The third-order valence-corrected chi connectivity index (χ3v) is 3.68. The SMILES string of the molecule is CN=C(NCC(=O)Nc1ccc(F)cc1)N(C)Cc1ccc(OC(F)F)cc1.I. The lowest BCUT2D eigenvalue weighted by atomic mass is 10.2. The molecule has 29 heavy (non-hydrogen) atoms. The summed E-state index contributed by atoms with van der Waals surface area (Å²) in [4.78, 5) is 17.9. The highest BCUT2D eigenvalue weighted by Gasteiger charge is 2.10. The number of ether oxygens (including phenoxy) is 1. The molecule has 0 fully saturated rings. The molecule has 10 heteroatoms. The minimum atomic E-state index is -2.86. The van der Waals surface area contributed by atoms with Crippen LogP contribution in [0.4, 0.5) is 18.9 Å². The van der Waals surface area contributed by atoms with Crippen LogP contribution in [-0.4, -0.2) is 44.0 Å². The molecule has 2 aromatic rings. The van der Waals surface area contributed by atoms with Gasteiger partial charge in [0.05, 0.1) is 6.54 Å². The van der Waals surface area contributed by atoms with Gasteiger partial charge in [-0.1, -0.05) is 12.1 Å². The molecule has 2 aromatic carbocycles. The second-order valence-corrected chi connectivity index (χ2v) is 5.83. The summed E-state index contributed by atoms with van der Waals surface area (Å²) in [5.74, 6) is -0.134. The van der Waals surface area contributed by atoms with E-state index in [1.165, 1.54) is 36.4 Å². The molecule has 0 heterocycles. The van der Waals surface area contributed by atoms with E-state index in [9.17, 15) is 18.0 Å². The second-order valence-electron chi connectivity index (χ2n) is 5.83. The summed E-state index contributed by atoms with van der Waals surface area (Å²) >= 11 is 0. The minimum Gasteiger partial charge on any atom is -0.435 e. The summed E-state index contributed by atoms with van der Waals surface area (Å²) in [6, 6.07) is 11.7. The van der Waals surface area contributed by atoms with Gasteiger partial charge in [-0.25, -0.2) is 4.39 Å². The van der Waals surface area contributed by atoms with Gasteiger partial charge in [-0.3, -0.25) is 9.79 Å². The molecule has 0 saturated carbocycles. The summed E-state index contributed by atoms with van der Waals surface area (Å²) in [5, 5.41) is 5.57. The van der Waals surface area contributed by atoms with Crippen LogP contribution in [0.3, 0.4) is 0 Å². The standard InChI is InChI=1S/C19H21F3N4O2.HI/c1-23-19(24-11-17(27)25-15-7-5-14(20)6-8-15)26(2)12-13-3-9-16(10-4-13)28-18(21)22;/h3-10,18H,11-12H2,1-2H3,(H,23,24)(H,25,27);1H. The predicted octanol–water partition coefficient (Wildman–Crippen LogP) is 3.69. The number of aliphatic imine (C=N–C) groups is 1. The van der Waals surface area contributed by atoms with Gasteiger partial charge in [0.2, 0.25) is 5.91 Å². The number of guanidine groups is 1. The molecule has 0 bridgehead atoms. The number of halogens is 4. The van der Waals surface area contributed by atoms with Gasteiger partial charge in [0.15, 0.2) is 5.96 Å². The van der Waals surface area contributed by atoms with Crippen LogP contribution >= 0.6 is 24.0 Å². The zero-order valence-electron chi connectivity index (χ0n) is 15.9. The summed E-state index contributed by atoms with van der Waals surface area (Å²) in [5.41, 5.74) is 1.34. The molecule has 2 N–H and O–H groups in total. The van der Waals surface area contributed by atoms with E-state index in [0.29, 0.717) is 18.2 Å². The Kier molecular flexibility index (Phi) is 10.3. The molecule has 2 rings (SSSR count). The molecule has 0 aliphatic carbocycles. The van der Waals surface area contributed by atoms with Crippen LogP contribution in [0.25, 0.3) is 0 Å². The van der Waals surface area contributed by atoms with Crippen LogP contribution in [0.2, 0.25) is 0 Å². The van der Waals surface area contributed by atoms with E-state index in [0.717, 1.165) is 5.56 Å². The van der Waals surface area contributed by atoms with Crippen LogP contribution in [-0.2, 0) is 11.3 Å². The highest BCUT2D eigenvalue weighted by molar-refractivity contribution is 14.0. The maximum Gasteiger partial charge on any atom is 0.387 e. The maximum atomic E-state index is 12.9. The molecule has 0 spiro atoms. The van der Waals surface area contributed by atoms with Gasteiger partial charge in [0.1, 0.15) is 11.6 Å². The molecule has 1 amide bonds. The van der Waals surface area contributed by atoms with Crippen LogP contribution in [0.1, 0.15) is 5.56 Å². The Morgan fingerprint density at radius 3 is 2.31 bits per heavy atom. The van der Waals surface area contributed by atoms with Crippen molar-refractivity contribution in [3.05, 3.63) is 59.9 Å². The largest absolute Gasteiger partial charge is 0.435 e. The van der Waals surface area contributed by atoms with Crippen molar-refractivity contribution in [3.8, 4) is 5.75 Å². The Labute approximate surface area is 184 Å². The third kappa shape index (κ3) is 8.59. The minimum absolute atomic E-state index is 0. The monoisotopic (exact) mass is 522 g/mol. The molecule has 158 valence electrons. The van der Waals surface area contributed by atoms with Crippen molar-refractivity contribution >= 4 is 41.5 Å². The third-order valence-electron chi connectivity index (χ3n) is 3.68. The maximum absolute atomic E-state index is 12.9. The van der Waals surface area contributed by atoms with Gasteiger partial charge in [0.25, 0.3) is 0 Å². The lowest BCUT2D eigenvalue weighted by Gasteiger charge is -2.22. The molecule has 0 saturated heterocycles. The first-order valence-electron chi connectivity index (χ1n) is 8.38. The molecular formula is C19H22F3IN4O2. The van der Waals surface area contributed by atoms with Crippen molar-refractivity contribution in [2.75, 3.05) is 26.0 Å². The van der Waals surface area contributed by atoms with E-state index in [1.54, 1.807) is 31.1 Å². The number of nitrogens with zero attached hydrogens (tertiary/aromatic N) is 2. The number of nitrogens with one attached hydrogen (secondary N) is 2. The molecule has 0 aliphatic heterocycles.